The van der Waals surface area contributed by atoms with Crippen LogP contribution in [0.4, 0.5) is 0 Å². The number of fused-ring (bicyclic) bond motifs is 19. The van der Waals surface area contributed by atoms with Crippen molar-refractivity contribution >= 4 is 53.9 Å². The van der Waals surface area contributed by atoms with E-state index in [2.05, 4.69) is 231 Å². The van der Waals surface area contributed by atoms with E-state index in [4.69, 9.17) is 0 Å². The van der Waals surface area contributed by atoms with Gasteiger partial charge in [0.25, 0.3) is 0 Å². The topological polar surface area (TPSA) is 0 Å². The first-order valence-electron chi connectivity index (χ1n) is 22.1. The van der Waals surface area contributed by atoms with E-state index in [9.17, 15) is 0 Å². The number of hydrogen-bond donors (Lipinski definition) is 0. The molecule has 0 unspecified atom stereocenters. The summed E-state index contributed by atoms with van der Waals surface area (Å²) in [5.41, 5.74) is 17.9. The van der Waals surface area contributed by atoms with E-state index in [1.54, 1.807) is 0 Å². The van der Waals surface area contributed by atoms with Crippen molar-refractivity contribution in [2.24, 2.45) is 0 Å². The van der Waals surface area contributed by atoms with Crippen LogP contribution in [0.2, 0.25) is 0 Å². The van der Waals surface area contributed by atoms with Crippen molar-refractivity contribution in [3.05, 3.63) is 253 Å². The third kappa shape index (κ3) is 4.60. The van der Waals surface area contributed by atoms with Gasteiger partial charge in [-0.15, -0.1) is 0 Å². The van der Waals surface area contributed by atoms with Crippen molar-refractivity contribution in [3.8, 4) is 55.6 Å². The first-order valence-corrected chi connectivity index (χ1v) is 22.1. The molecule has 290 valence electrons. The molecule has 0 nitrogen and oxygen atoms in total. The molecule has 63 heavy (non-hydrogen) atoms. The maximum Gasteiger partial charge on any atom is 0.0732 e. The summed E-state index contributed by atoms with van der Waals surface area (Å²) in [6, 6.07) is 86.6. The van der Waals surface area contributed by atoms with Crippen LogP contribution in [0.3, 0.4) is 0 Å². The highest BCUT2D eigenvalue weighted by molar-refractivity contribution is 6.25. The van der Waals surface area contributed by atoms with E-state index in [1.807, 2.05) is 0 Å². The monoisotopic (exact) mass is 794 g/mol. The lowest BCUT2D eigenvalue weighted by molar-refractivity contribution is 0.802. The zero-order valence-electron chi connectivity index (χ0n) is 34.4. The van der Waals surface area contributed by atoms with E-state index >= 15 is 0 Å². The maximum absolute atomic E-state index is 2.52. The molecular weight excluding hydrogens is 757 g/mol. The Balaban J connectivity index is 1.08. The van der Waals surface area contributed by atoms with Gasteiger partial charge >= 0.3 is 0 Å². The Hall–Kier alpha value is -8.06. The molecule has 0 saturated heterocycles. The fraction of sp³-hybridized carbons (Fsp3) is 0.0159. The van der Waals surface area contributed by atoms with Gasteiger partial charge in [0.2, 0.25) is 0 Å². The van der Waals surface area contributed by atoms with Gasteiger partial charge < -0.3 is 0 Å². The Morgan fingerprint density at radius 3 is 1.32 bits per heavy atom. The fourth-order valence-corrected chi connectivity index (χ4v) is 12.0. The molecule has 0 N–H and O–H groups in total. The molecule has 0 heterocycles. The zero-order chi connectivity index (χ0) is 41.2. The average Bonchev–Trinajstić information content (AvgIpc) is 3.84. The molecular formula is C63H38. The Morgan fingerprint density at radius 2 is 0.683 bits per heavy atom. The maximum atomic E-state index is 2.52. The van der Waals surface area contributed by atoms with Gasteiger partial charge in [-0.3, -0.25) is 0 Å². The third-order valence-corrected chi connectivity index (χ3v) is 14.4. The minimum Gasteiger partial charge on any atom is -0.0622 e. The molecule has 2 aliphatic carbocycles. The molecule has 14 rings (SSSR count). The van der Waals surface area contributed by atoms with E-state index in [0.717, 1.165) is 0 Å². The molecule has 0 aromatic heterocycles. The average molecular weight is 795 g/mol. The summed E-state index contributed by atoms with van der Waals surface area (Å²) < 4.78 is 0. The van der Waals surface area contributed by atoms with Gasteiger partial charge in [0.15, 0.2) is 0 Å². The Kier molecular flexibility index (Phi) is 7.13. The van der Waals surface area contributed by atoms with E-state index in [-0.39, 0.29) is 0 Å². The number of hydrogen-bond acceptors (Lipinski definition) is 0. The molecule has 0 atom stereocenters. The predicted molar refractivity (Wildman–Crippen MR) is 267 cm³/mol. The van der Waals surface area contributed by atoms with Crippen LogP contribution in [0.1, 0.15) is 22.3 Å². The Morgan fingerprint density at radius 1 is 0.222 bits per heavy atom. The van der Waals surface area contributed by atoms with E-state index < -0.39 is 5.41 Å². The van der Waals surface area contributed by atoms with Crippen LogP contribution in [-0.2, 0) is 5.41 Å². The van der Waals surface area contributed by atoms with Crippen molar-refractivity contribution in [3.63, 3.8) is 0 Å². The van der Waals surface area contributed by atoms with Gasteiger partial charge in [-0.25, -0.2) is 0 Å². The lowest BCUT2D eigenvalue weighted by Crippen LogP contribution is -2.26. The van der Waals surface area contributed by atoms with E-state index in [0.29, 0.717) is 0 Å². The molecule has 1 spiro atoms. The highest BCUT2D eigenvalue weighted by Gasteiger charge is 2.53. The lowest BCUT2D eigenvalue weighted by atomic mass is 9.69. The van der Waals surface area contributed by atoms with Crippen LogP contribution in [0.5, 0.6) is 0 Å². The SMILES string of the molecule is c1ccc(-c2ccc(-c3c4ccccc4c(-c4ccc5c6c(c7ccccc7c5c4)-c4c(ccc5ccccc45)C64c5ccccc5-c5ccccc54)c4ccccc34)cc2)cc1. The second kappa shape index (κ2) is 13.0. The summed E-state index contributed by atoms with van der Waals surface area (Å²) in [7, 11) is 0. The van der Waals surface area contributed by atoms with Crippen LogP contribution >= 0.6 is 0 Å². The van der Waals surface area contributed by atoms with E-state index in [1.165, 1.54) is 132 Å². The summed E-state index contributed by atoms with van der Waals surface area (Å²) >= 11 is 0. The molecule has 0 aliphatic heterocycles. The number of rotatable bonds is 3. The first-order chi connectivity index (χ1) is 31.3. The molecule has 0 radical (unpaired) electrons. The lowest BCUT2D eigenvalue weighted by Gasteiger charge is -2.32. The fourth-order valence-electron chi connectivity index (χ4n) is 12.0. The summed E-state index contributed by atoms with van der Waals surface area (Å²) in [4.78, 5) is 0. The molecule has 2 aliphatic rings. The van der Waals surface area contributed by atoms with Crippen LogP contribution in [-0.4, -0.2) is 0 Å². The summed E-state index contributed by atoms with van der Waals surface area (Å²) in [5, 5.41) is 12.8. The summed E-state index contributed by atoms with van der Waals surface area (Å²) in [5.74, 6) is 0. The standard InChI is InChI=1S/C63H38/c1-2-16-39(17-3-1)40-30-32-42(33-31-40)58-49-24-8-10-26-51(49)59(52-27-11-9-25-50(52)58)43-34-36-53-54(38-43)45-20-6-7-23-48(45)61-60-44-19-5-4-18-41(44)35-37-57(60)63(62(53)61)55-28-14-12-21-46(55)47-22-13-15-29-56(47)63/h1-38H. The Bertz CT molecular complexity index is 3790. The highest BCUT2D eigenvalue weighted by Crippen LogP contribution is 2.66. The second-order valence-electron chi connectivity index (χ2n) is 17.4. The quantitative estimate of drug-likeness (QED) is 0.123. The number of benzene rings is 12. The second-order valence-corrected chi connectivity index (χ2v) is 17.4. The van der Waals surface area contributed by atoms with Crippen molar-refractivity contribution in [1.29, 1.82) is 0 Å². The Labute approximate surface area is 366 Å². The van der Waals surface area contributed by atoms with Crippen molar-refractivity contribution in [2.45, 2.75) is 5.41 Å². The van der Waals surface area contributed by atoms with Gasteiger partial charge in [0.1, 0.15) is 0 Å². The highest BCUT2D eigenvalue weighted by atomic mass is 14.5. The molecule has 0 saturated carbocycles. The van der Waals surface area contributed by atoms with Gasteiger partial charge in [0.05, 0.1) is 5.41 Å². The van der Waals surface area contributed by atoms with Gasteiger partial charge in [-0.2, -0.15) is 0 Å². The van der Waals surface area contributed by atoms with Crippen molar-refractivity contribution < 1.29 is 0 Å². The minimum absolute atomic E-state index is 0.483. The summed E-state index contributed by atoms with van der Waals surface area (Å²) in [6.45, 7) is 0. The van der Waals surface area contributed by atoms with Crippen LogP contribution < -0.4 is 0 Å². The molecule has 0 bridgehead atoms. The molecule has 12 aromatic carbocycles. The van der Waals surface area contributed by atoms with Gasteiger partial charge in [-0.1, -0.05) is 224 Å². The minimum atomic E-state index is -0.483. The van der Waals surface area contributed by atoms with Gasteiger partial charge in [-0.05, 0) is 138 Å². The first kappa shape index (κ1) is 34.6. The zero-order valence-corrected chi connectivity index (χ0v) is 34.4. The van der Waals surface area contributed by atoms with Crippen LogP contribution in [0.15, 0.2) is 231 Å². The smallest absolute Gasteiger partial charge is 0.0622 e. The normalized spacial score (nSPS) is 13.2. The summed E-state index contributed by atoms with van der Waals surface area (Å²) in [6.07, 6.45) is 0. The third-order valence-electron chi connectivity index (χ3n) is 14.4. The molecule has 0 heteroatoms. The van der Waals surface area contributed by atoms with Crippen molar-refractivity contribution in [2.75, 3.05) is 0 Å². The van der Waals surface area contributed by atoms with Crippen LogP contribution in [0.25, 0.3) is 109 Å². The molecule has 0 fully saturated rings. The largest absolute Gasteiger partial charge is 0.0732 e. The molecule has 12 aromatic rings. The van der Waals surface area contributed by atoms with Crippen LogP contribution in [0, 0.1) is 0 Å². The van der Waals surface area contributed by atoms with Crippen molar-refractivity contribution in [1.82, 2.24) is 0 Å². The molecule has 0 amide bonds. The van der Waals surface area contributed by atoms with Gasteiger partial charge in [0, 0.05) is 0 Å². The predicted octanol–water partition coefficient (Wildman–Crippen LogP) is 16.8.